The van der Waals surface area contributed by atoms with Crippen molar-refractivity contribution in [2.75, 3.05) is 12.3 Å². The molecule has 0 aliphatic carbocycles. The molecule has 2 rings (SSSR count). The van der Waals surface area contributed by atoms with Gasteiger partial charge in [0.05, 0.1) is 12.3 Å². The van der Waals surface area contributed by atoms with Gasteiger partial charge in [0.2, 0.25) is 7.49 Å². The summed E-state index contributed by atoms with van der Waals surface area (Å²) in [5.74, 6) is 1.01. The molecule has 0 fully saturated rings. The van der Waals surface area contributed by atoms with Crippen molar-refractivity contribution in [2.45, 2.75) is 26.7 Å². The second kappa shape index (κ2) is 7.45. The standard InChI is InChI=1S/C18H24OP/c1-3-15-20(16-4-2,18-13-9-6-10-14-18)19-17-11-7-5-8-12-17/h5-14H,3-4,15-16H2,1-2H3/q+1. The molecule has 106 valence electrons. The van der Waals surface area contributed by atoms with E-state index in [0.29, 0.717) is 0 Å². The molecule has 0 aliphatic rings. The van der Waals surface area contributed by atoms with Crippen LogP contribution in [0.1, 0.15) is 26.7 Å². The maximum Gasteiger partial charge on any atom is 0.223 e. The first-order valence-electron chi connectivity index (χ1n) is 7.48. The van der Waals surface area contributed by atoms with Gasteiger partial charge in [-0.05, 0) is 37.1 Å². The molecule has 0 saturated heterocycles. The maximum absolute atomic E-state index is 6.58. The first-order chi connectivity index (χ1) is 9.80. The van der Waals surface area contributed by atoms with E-state index < -0.39 is 7.49 Å². The molecule has 0 bridgehead atoms. The third-order valence-corrected chi connectivity index (χ3v) is 7.56. The molecular weight excluding hydrogens is 263 g/mol. The van der Waals surface area contributed by atoms with Gasteiger partial charge in [0, 0.05) is 0 Å². The summed E-state index contributed by atoms with van der Waals surface area (Å²) in [6.07, 6.45) is 4.63. The fourth-order valence-electron chi connectivity index (χ4n) is 2.62. The van der Waals surface area contributed by atoms with E-state index in [9.17, 15) is 0 Å². The summed E-state index contributed by atoms with van der Waals surface area (Å²) in [5, 5.41) is 1.40. The Morgan fingerprint density at radius 2 is 1.25 bits per heavy atom. The molecule has 2 heteroatoms. The molecule has 2 aromatic rings. The summed E-state index contributed by atoms with van der Waals surface area (Å²) in [6, 6.07) is 21.1. The van der Waals surface area contributed by atoms with Gasteiger partial charge < -0.3 is 4.52 Å². The highest BCUT2D eigenvalue weighted by molar-refractivity contribution is 7.78. The van der Waals surface area contributed by atoms with E-state index in [1.165, 1.54) is 5.30 Å². The van der Waals surface area contributed by atoms with Crippen LogP contribution in [0.15, 0.2) is 60.7 Å². The Bertz CT molecular complexity index is 489. The van der Waals surface area contributed by atoms with Gasteiger partial charge in [-0.25, -0.2) is 0 Å². The highest BCUT2D eigenvalue weighted by Gasteiger charge is 2.42. The van der Waals surface area contributed by atoms with Crippen molar-refractivity contribution in [1.82, 2.24) is 0 Å². The Morgan fingerprint density at radius 1 is 0.750 bits per heavy atom. The molecule has 1 nitrogen and oxygen atoms in total. The van der Waals surface area contributed by atoms with Crippen molar-refractivity contribution < 1.29 is 4.52 Å². The molecule has 0 heterocycles. The minimum atomic E-state index is -1.57. The fourth-order valence-corrected chi connectivity index (χ4v) is 6.33. The van der Waals surface area contributed by atoms with Crippen LogP contribution in [0.4, 0.5) is 0 Å². The number of hydrogen-bond donors (Lipinski definition) is 0. The molecule has 0 aromatic heterocycles. The average molecular weight is 287 g/mol. The minimum Gasteiger partial charge on any atom is -0.345 e. The van der Waals surface area contributed by atoms with E-state index in [1.807, 2.05) is 18.2 Å². The molecule has 0 aliphatic heterocycles. The van der Waals surface area contributed by atoms with Crippen LogP contribution in [0.3, 0.4) is 0 Å². The SMILES string of the molecule is CCC[P+](CCC)(Oc1ccccc1)c1ccccc1. The van der Waals surface area contributed by atoms with E-state index in [0.717, 1.165) is 30.9 Å². The molecule has 0 atom stereocenters. The lowest BCUT2D eigenvalue weighted by Gasteiger charge is -2.25. The lowest BCUT2D eigenvalue weighted by Crippen LogP contribution is -2.22. The summed E-state index contributed by atoms with van der Waals surface area (Å²) in [6.45, 7) is 4.50. The van der Waals surface area contributed by atoms with Crippen LogP contribution in [0.5, 0.6) is 5.75 Å². The molecular formula is C18H24OP+. The van der Waals surface area contributed by atoms with E-state index >= 15 is 0 Å². The summed E-state index contributed by atoms with van der Waals surface area (Å²) < 4.78 is 6.58. The van der Waals surface area contributed by atoms with Gasteiger partial charge in [0.25, 0.3) is 0 Å². The maximum atomic E-state index is 6.58. The second-order valence-corrected chi connectivity index (χ2v) is 8.45. The highest BCUT2D eigenvalue weighted by Crippen LogP contribution is 2.59. The highest BCUT2D eigenvalue weighted by atomic mass is 31.2. The summed E-state index contributed by atoms with van der Waals surface area (Å²) >= 11 is 0. The quantitative estimate of drug-likeness (QED) is 0.640. The molecule has 0 saturated carbocycles. The lowest BCUT2D eigenvalue weighted by atomic mass is 10.3. The Balaban J connectivity index is 2.36. The van der Waals surface area contributed by atoms with Crippen LogP contribution < -0.4 is 9.83 Å². The van der Waals surface area contributed by atoms with E-state index in [-0.39, 0.29) is 0 Å². The Hall–Kier alpha value is -1.33. The number of para-hydroxylation sites is 1. The van der Waals surface area contributed by atoms with Crippen molar-refractivity contribution in [3.05, 3.63) is 60.7 Å². The smallest absolute Gasteiger partial charge is 0.223 e. The van der Waals surface area contributed by atoms with Crippen molar-refractivity contribution in [1.29, 1.82) is 0 Å². The monoisotopic (exact) mass is 287 g/mol. The first-order valence-corrected chi connectivity index (χ1v) is 9.56. The number of hydrogen-bond acceptors (Lipinski definition) is 1. The molecule has 20 heavy (non-hydrogen) atoms. The third kappa shape index (κ3) is 3.61. The van der Waals surface area contributed by atoms with Gasteiger partial charge in [-0.3, -0.25) is 0 Å². The van der Waals surface area contributed by atoms with E-state index in [4.69, 9.17) is 4.52 Å². The minimum absolute atomic E-state index is 1.01. The van der Waals surface area contributed by atoms with Gasteiger partial charge in [-0.15, -0.1) is 0 Å². The summed E-state index contributed by atoms with van der Waals surface area (Å²) in [4.78, 5) is 0. The zero-order valence-electron chi connectivity index (χ0n) is 12.5. The fraction of sp³-hybridized carbons (Fsp3) is 0.333. The van der Waals surface area contributed by atoms with Crippen LogP contribution in [-0.4, -0.2) is 12.3 Å². The number of benzene rings is 2. The second-order valence-electron chi connectivity index (χ2n) is 5.08. The molecule has 0 amide bonds. The van der Waals surface area contributed by atoms with Crippen LogP contribution >= 0.6 is 7.49 Å². The van der Waals surface area contributed by atoms with Crippen molar-refractivity contribution in [3.63, 3.8) is 0 Å². The molecule has 2 aromatic carbocycles. The normalized spacial score (nSPS) is 11.3. The predicted molar refractivity (Wildman–Crippen MR) is 90.4 cm³/mol. The van der Waals surface area contributed by atoms with Crippen LogP contribution in [-0.2, 0) is 0 Å². The predicted octanol–water partition coefficient (Wildman–Crippen LogP) is 5.14. The van der Waals surface area contributed by atoms with Gasteiger partial charge >= 0.3 is 0 Å². The van der Waals surface area contributed by atoms with Gasteiger partial charge in [-0.1, -0.05) is 50.2 Å². The Labute approximate surface area is 123 Å². The van der Waals surface area contributed by atoms with Crippen molar-refractivity contribution in [3.8, 4) is 5.75 Å². The Morgan fingerprint density at radius 3 is 1.75 bits per heavy atom. The Kier molecular flexibility index (Phi) is 5.61. The zero-order chi connectivity index (χ0) is 14.3. The van der Waals surface area contributed by atoms with E-state index in [1.54, 1.807) is 0 Å². The average Bonchev–Trinajstić information content (AvgIpc) is 2.49. The van der Waals surface area contributed by atoms with Gasteiger partial charge in [0.15, 0.2) is 5.75 Å². The van der Waals surface area contributed by atoms with Crippen LogP contribution in [0, 0.1) is 0 Å². The first kappa shape index (κ1) is 15.1. The van der Waals surface area contributed by atoms with Crippen molar-refractivity contribution in [2.24, 2.45) is 0 Å². The zero-order valence-corrected chi connectivity index (χ0v) is 13.4. The van der Waals surface area contributed by atoms with Gasteiger partial charge in [0.1, 0.15) is 5.30 Å². The molecule has 0 N–H and O–H groups in total. The topological polar surface area (TPSA) is 9.23 Å². The van der Waals surface area contributed by atoms with E-state index in [2.05, 4.69) is 56.3 Å². The van der Waals surface area contributed by atoms with Gasteiger partial charge in [-0.2, -0.15) is 0 Å². The summed E-state index contributed by atoms with van der Waals surface area (Å²) in [7, 11) is -1.57. The molecule has 0 radical (unpaired) electrons. The molecule has 0 spiro atoms. The molecule has 0 unspecified atom stereocenters. The third-order valence-electron chi connectivity index (χ3n) is 3.42. The van der Waals surface area contributed by atoms with Crippen LogP contribution in [0.25, 0.3) is 0 Å². The lowest BCUT2D eigenvalue weighted by molar-refractivity contribution is 0.596. The number of rotatable bonds is 7. The van der Waals surface area contributed by atoms with Crippen molar-refractivity contribution >= 4 is 12.8 Å². The largest absolute Gasteiger partial charge is 0.345 e. The van der Waals surface area contributed by atoms with Crippen LogP contribution in [0.2, 0.25) is 0 Å². The summed E-state index contributed by atoms with van der Waals surface area (Å²) in [5.41, 5.74) is 0.